The summed E-state index contributed by atoms with van der Waals surface area (Å²) in [5, 5.41) is 10.7. The van der Waals surface area contributed by atoms with Gasteiger partial charge in [0.05, 0.1) is 11.0 Å². The monoisotopic (exact) mass is 307 g/mol. The fourth-order valence-corrected chi connectivity index (χ4v) is 3.04. The van der Waals surface area contributed by atoms with Gasteiger partial charge in [-0.1, -0.05) is 18.2 Å². The van der Waals surface area contributed by atoms with Crippen molar-refractivity contribution < 1.29 is 17.5 Å². The van der Waals surface area contributed by atoms with Crippen molar-refractivity contribution in [2.45, 2.75) is 18.7 Å². The van der Waals surface area contributed by atoms with Crippen LogP contribution in [-0.2, 0) is 10.1 Å². The first kappa shape index (κ1) is 15.0. The van der Waals surface area contributed by atoms with Crippen molar-refractivity contribution >= 4 is 15.8 Å². The molecular formula is C14H13NO5S. The fraction of sp³-hybridized carbons (Fsp3) is 0.143. The third-order valence-electron chi connectivity index (χ3n) is 2.85. The van der Waals surface area contributed by atoms with Gasteiger partial charge < -0.3 is 4.18 Å². The molecule has 0 radical (unpaired) electrons. The van der Waals surface area contributed by atoms with Crippen LogP contribution in [0.15, 0.2) is 47.4 Å². The molecule has 0 fully saturated rings. The average Bonchev–Trinajstić information content (AvgIpc) is 2.41. The van der Waals surface area contributed by atoms with Crippen molar-refractivity contribution in [3.05, 3.63) is 63.7 Å². The minimum atomic E-state index is -4.03. The van der Waals surface area contributed by atoms with Crippen LogP contribution in [0.1, 0.15) is 11.1 Å². The third kappa shape index (κ3) is 3.38. The molecule has 0 atom stereocenters. The predicted molar refractivity (Wildman–Crippen MR) is 76.8 cm³/mol. The van der Waals surface area contributed by atoms with Crippen LogP contribution in [-0.4, -0.2) is 13.3 Å². The van der Waals surface area contributed by atoms with Crippen LogP contribution < -0.4 is 4.18 Å². The highest BCUT2D eigenvalue weighted by atomic mass is 32.2. The second-order valence-corrected chi connectivity index (χ2v) is 6.08. The lowest BCUT2D eigenvalue weighted by atomic mass is 10.2. The van der Waals surface area contributed by atoms with Crippen LogP contribution in [0.2, 0.25) is 0 Å². The maximum absolute atomic E-state index is 12.3. The maximum atomic E-state index is 12.3. The van der Waals surface area contributed by atoms with E-state index in [1.807, 2.05) is 0 Å². The van der Waals surface area contributed by atoms with Gasteiger partial charge in [0.2, 0.25) is 0 Å². The first-order valence-corrected chi connectivity index (χ1v) is 7.46. The Morgan fingerprint density at radius 2 is 1.81 bits per heavy atom. The molecule has 0 saturated carbocycles. The maximum Gasteiger partial charge on any atom is 0.339 e. The summed E-state index contributed by atoms with van der Waals surface area (Å²) in [5.74, 6) is -0.0925. The molecule has 2 aromatic rings. The van der Waals surface area contributed by atoms with E-state index in [9.17, 15) is 18.5 Å². The van der Waals surface area contributed by atoms with Crippen LogP contribution in [0.3, 0.4) is 0 Å². The molecule has 0 aliphatic heterocycles. The SMILES string of the molecule is Cc1ccc(C)c(S(=O)(=O)Oc2cccc([N+](=O)[O-])c2)c1. The van der Waals surface area contributed by atoms with Crippen molar-refractivity contribution in [3.63, 3.8) is 0 Å². The molecule has 2 rings (SSSR count). The molecule has 7 heteroatoms. The Balaban J connectivity index is 2.40. The van der Waals surface area contributed by atoms with Gasteiger partial charge in [-0.25, -0.2) is 0 Å². The normalized spacial score (nSPS) is 11.1. The first-order valence-electron chi connectivity index (χ1n) is 6.06. The summed E-state index contributed by atoms with van der Waals surface area (Å²) in [6, 6.07) is 10.0. The molecule has 0 bridgehead atoms. The Kier molecular flexibility index (Phi) is 3.95. The van der Waals surface area contributed by atoms with E-state index in [-0.39, 0.29) is 16.3 Å². The van der Waals surface area contributed by atoms with E-state index < -0.39 is 15.0 Å². The Bertz CT molecular complexity index is 799. The summed E-state index contributed by atoms with van der Waals surface area (Å²) in [4.78, 5) is 10.1. The quantitative estimate of drug-likeness (QED) is 0.492. The van der Waals surface area contributed by atoms with Crippen molar-refractivity contribution in [3.8, 4) is 5.75 Å². The topological polar surface area (TPSA) is 86.5 Å². The molecule has 0 aliphatic rings. The van der Waals surface area contributed by atoms with Crippen molar-refractivity contribution in [1.29, 1.82) is 0 Å². The van der Waals surface area contributed by atoms with Crippen molar-refractivity contribution in [2.24, 2.45) is 0 Å². The highest BCUT2D eigenvalue weighted by Crippen LogP contribution is 2.25. The van der Waals surface area contributed by atoms with Crippen molar-refractivity contribution in [2.75, 3.05) is 0 Å². The number of non-ortho nitro benzene ring substituents is 1. The van der Waals surface area contributed by atoms with E-state index in [0.29, 0.717) is 5.56 Å². The number of benzene rings is 2. The van der Waals surface area contributed by atoms with Crippen LogP contribution in [0.4, 0.5) is 5.69 Å². The Morgan fingerprint density at radius 1 is 1.10 bits per heavy atom. The zero-order valence-corrected chi connectivity index (χ0v) is 12.3. The van der Waals surface area contributed by atoms with E-state index in [2.05, 4.69) is 0 Å². The molecule has 0 N–H and O–H groups in total. The molecule has 0 aliphatic carbocycles. The Hall–Kier alpha value is -2.41. The molecule has 0 heterocycles. The van der Waals surface area contributed by atoms with Crippen LogP contribution in [0.25, 0.3) is 0 Å². The van der Waals surface area contributed by atoms with E-state index >= 15 is 0 Å². The Labute approximate surface area is 122 Å². The molecule has 0 amide bonds. The summed E-state index contributed by atoms with van der Waals surface area (Å²) in [6.07, 6.45) is 0. The molecule has 21 heavy (non-hydrogen) atoms. The largest absolute Gasteiger partial charge is 0.379 e. The van der Waals surface area contributed by atoms with Gasteiger partial charge in [0.25, 0.3) is 5.69 Å². The molecule has 0 aromatic heterocycles. The summed E-state index contributed by atoms with van der Waals surface area (Å²) >= 11 is 0. The molecule has 0 saturated heterocycles. The molecular weight excluding hydrogens is 294 g/mol. The second-order valence-electron chi connectivity index (χ2n) is 4.56. The van der Waals surface area contributed by atoms with Gasteiger partial charge in [0.1, 0.15) is 10.6 Å². The highest BCUT2D eigenvalue weighted by molar-refractivity contribution is 7.87. The summed E-state index contributed by atoms with van der Waals surface area (Å²) in [7, 11) is -4.03. The number of nitrogens with zero attached hydrogens (tertiary/aromatic N) is 1. The first-order chi connectivity index (χ1) is 9.79. The van der Waals surface area contributed by atoms with Gasteiger partial charge in [-0.15, -0.1) is 0 Å². The predicted octanol–water partition coefficient (Wildman–Crippen LogP) is 2.98. The smallest absolute Gasteiger partial charge is 0.339 e. The summed E-state index contributed by atoms with van der Waals surface area (Å²) in [5.41, 5.74) is 1.09. The summed E-state index contributed by atoms with van der Waals surface area (Å²) in [6.45, 7) is 3.43. The number of aryl methyl sites for hydroxylation is 2. The molecule has 0 spiro atoms. The minimum Gasteiger partial charge on any atom is -0.379 e. The third-order valence-corrected chi connectivity index (χ3v) is 4.24. The second kappa shape index (κ2) is 5.53. The lowest BCUT2D eigenvalue weighted by Crippen LogP contribution is -2.11. The molecule has 0 unspecified atom stereocenters. The van der Waals surface area contributed by atoms with E-state index in [4.69, 9.17) is 4.18 Å². The summed E-state index contributed by atoms with van der Waals surface area (Å²) < 4.78 is 29.5. The molecule has 110 valence electrons. The zero-order valence-electron chi connectivity index (χ0n) is 11.4. The van der Waals surface area contributed by atoms with Gasteiger partial charge in [-0.05, 0) is 37.1 Å². The van der Waals surface area contributed by atoms with E-state index in [1.165, 1.54) is 24.3 Å². The Morgan fingerprint density at radius 3 is 2.48 bits per heavy atom. The standard InChI is InChI=1S/C14H13NO5S/c1-10-6-7-11(2)14(8-10)21(18,19)20-13-5-3-4-12(9-13)15(16)17/h3-9H,1-2H3. The van der Waals surface area contributed by atoms with Gasteiger partial charge in [-0.3, -0.25) is 10.1 Å². The van der Waals surface area contributed by atoms with E-state index in [1.54, 1.807) is 26.0 Å². The zero-order chi connectivity index (χ0) is 15.6. The number of hydrogen-bond donors (Lipinski definition) is 0. The van der Waals surface area contributed by atoms with Crippen molar-refractivity contribution in [1.82, 2.24) is 0 Å². The fourth-order valence-electron chi connectivity index (χ4n) is 1.80. The minimum absolute atomic E-state index is 0.0500. The number of hydrogen-bond acceptors (Lipinski definition) is 5. The van der Waals surface area contributed by atoms with Gasteiger partial charge in [-0.2, -0.15) is 8.42 Å². The van der Waals surface area contributed by atoms with Crippen LogP contribution >= 0.6 is 0 Å². The lowest BCUT2D eigenvalue weighted by Gasteiger charge is -2.10. The number of nitro groups is 1. The highest BCUT2D eigenvalue weighted by Gasteiger charge is 2.20. The molecule has 2 aromatic carbocycles. The van der Waals surface area contributed by atoms with Gasteiger partial charge >= 0.3 is 10.1 Å². The lowest BCUT2D eigenvalue weighted by molar-refractivity contribution is -0.384. The van der Waals surface area contributed by atoms with Gasteiger partial charge in [0.15, 0.2) is 0 Å². The average molecular weight is 307 g/mol. The van der Waals surface area contributed by atoms with E-state index in [0.717, 1.165) is 11.6 Å². The number of rotatable bonds is 4. The van der Waals surface area contributed by atoms with Crippen LogP contribution in [0.5, 0.6) is 5.75 Å². The van der Waals surface area contributed by atoms with Crippen LogP contribution in [0, 0.1) is 24.0 Å². The molecule has 6 nitrogen and oxygen atoms in total. The van der Waals surface area contributed by atoms with Gasteiger partial charge in [0, 0.05) is 6.07 Å². The number of nitro benzene ring substituents is 1.